The van der Waals surface area contributed by atoms with Gasteiger partial charge in [-0.25, -0.2) is 0 Å². The number of hydrogen-bond donors (Lipinski definition) is 0. The van der Waals surface area contributed by atoms with Gasteiger partial charge in [0.2, 0.25) is 5.91 Å². The van der Waals surface area contributed by atoms with Gasteiger partial charge in [-0.15, -0.1) is 0 Å². The van der Waals surface area contributed by atoms with E-state index >= 15 is 0 Å². The predicted molar refractivity (Wildman–Crippen MR) is 71.5 cm³/mol. The summed E-state index contributed by atoms with van der Waals surface area (Å²) in [6, 6.07) is 0. The van der Waals surface area contributed by atoms with Gasteiger partial charge in [0.05, 0.1) is 6.61 Å². The molecular weight excluding hydrogens is 242 g/mol. The molecule has 3 rings (SSSR count). The molecule has 4 heteroatoms. The van der Waals surface area contributed by atoms with Gasteiger partial charge in [0, 0.05) is 25.9 Å². The van der Waals surface area contributed by atoms with Crippen LogP contribution in [0.2, 0.25) is 0 Å². The molecule has 106 valence electrons. The molecule has 3 fully saturated rings. The van der Waals surface area contributed by atoms with Gasteiger partial charge in [-0.3, -0.25) is 4.79 Å². The van der Waals surface area contributed by atoms with E-state index in [1.165, 1.54) is 31.8 Å². The highest BCUT2D eigenvalue weighted by atomic mass is 16.7. The molecule has 0 N–H and O–H groups in total. The van der Waals surface area contributed by atoms with Gasteiger partial charge in [0.15, 0.2) is 5.79 Å². The van der Waals surface area contributed by atoms with Crippen molar-refractivity contribution < 1.29 is 14.3 Å². The van der Waals surface area contributed by atoms with Crippen LogP contribution in [0.25, 0.3) is 0 Å². The van der Waals surface area contributed by atoms with E-state index in [2.05, 4.69) is 6.58 Å². The van der Waals surface area contributed by atoms with Gasteiger partial charge in [0.1, 0.15) is 6.10 Å². The van der Waals surface area contributed by atoms with Gasteiger partial charge in [0.25, 0.3) is 0 Å². The normalized spacial score (nSPS) is 28.7. The second kappa shape index (κ2) is 5.25. The lowest BCUT2D eigenvalue weighted by molar-refractivity contribution is -0.164. The van der Waals surface area contributed by atoms with Crippen LogP contribution in [0.4, 0.5) is 0 Å². The Bertz CT molecular complexity index is 358. The Balaban J connectivity index is 1.56. The third kappa shape index (κ3) is 3.00. The average molecular weight is 265 g/mol. The minimum Gasteiger partial charge on any atom is -0.347 e. The van der Waals surface area contributed by atoms with Crippen molar-refractivity contribution in [1.82, 2.24) is 4.90 Å². The molecule has 1 saturated heterocycles. The second-order valence-electron chi connectivity index (χ2n) is 6.06. The summed E-state index contributed by atoms with van der Waals surface area (Å²) in [5.74, 6) is 0.377. The monoisotopic (exact) mass is 265 g/mol. The topological polar surface area (TPSA) is 38.8 Å². The standard InChI is InChI=1S/C15H23NO3/c1-2-14(17)16(9-12-5-6-12)10-13-11-18-15(19-13)7-3-4-8-15/h2,12-13H,1,3-11H2. The first-order valence-electron chi connectivity index (χ1n) is 7.44. The fourth-order valence-corrected chi connectivity index (χ4v) is 3.12. The van der Waals surface area contributed by atoms with Crippen LogP contribution in [0, 0.1) is 5.92 Å². The number of ether oxygens (including phenoxy) is 2. The van der Waals surface area contributed by atoms with Crippen LogP contribution >= 0.6 is 0 Å². The van der Waals surface area contributed by atoms with Crippen molar-refractivity contribution >= 4 is 5.91 Å². The number of amides is 1. The first-order valence-corrected chi connectivity index (χ1v) is 7.44. The van der Waals surface area contributed by atoms with E-state index in [1.54, 1.807) is 0 Å². The number of hydrogen-bond acceptors (Lipinski definition) is 3. The van der Waals surface area contributed by atoms with Gasteiger partial charge in [-0.2, -0.15) is 0 Å². The van der Waals surface area contributed by atoms with E-state index < -0.39 is 0 Å². The molecule has 1 heterocycles. The zero-order chi connectivity index (χ0) is 13.3. The molecular formula is C15H23NO3. The molecule has 1 unspecified atom stereocenters. The Morgan fingerprint density at radius 3 is 2.68 bits per heavy atom. The van der Waals surface area contributed by atoms with Crippen LogP contribution in [0.1, 0.15) is 38.5 Å². The van der Waals surface area contributed by atoms with Crippen LogP contribution < -0.4 is 0 Å². The second-order valence-corrected chi connectivity index (χ2v) is 6.06. The smallest absolute Gasteiger partial charge is 0.246 e. The molecule has 2 aliphatic carbocycles. The molecule has 1 spiro atoms. The van der Waals surface area contributed by atoms with Crippen LogP contribution in [0.15, 0.2) is 12.7 Å². The summed E-state index contributed by atoms with van der Waals surface area (Å²) < 4.78 is 11.9. The van der Waals surface area contributed by atoms with Crippen molar-refractivity contribution in [3.8, 4) is 0 Å². The lowest BCUT2D eigenvalue weighted by atomic mass is 10.2. The lowest BCUT2D eigenvalue weighted by Gasteiger charge is -2.26. The average Bonchev–Trinajstić information content (AvgIpc) is 2.98. The molecule has 0 bridgehead atoms. The molecule has 3 aliphatic rings. The minimum absolute atomic E-state index is 0.0165. The Kier molecular flexibility index (Phi) is 3.63. The molecule has 2 saturated carbocycles. The summed E-state index contributed by atoms with van der Waals surface area (Å²) in [5, 5.41) is 0. The van der Waals surface area contributed by atoms with Crippen molar-refractivity contribution in [3.63, 3.8) is 0 Å². The van der Waals surface area contributed by atoms with E-state index in [9.17, 15) is 4.79 Å². The fraction of sp³-hybridized carbons (Fsp3) is 0.800. The molecule has 0 aromatic heterocycles. The van der Waals surface area contributed by atoms with E-state index in [0.29, 0.717) is 19.1 Å². The summed E-state index contributed by atoms with van der Waals surface area (Å²) in [6.45, 7) is 5.70. The molecule has 1 amide bonds. The maximum absolute atomic E-state index is 11.9. The highest BCUT2D eigenvalue weighted by Gasteiger charge is 2.44. The largest absolute Gasteiger partial charge is 0.347 e. The summed E-state index contributed by atoms with van der Waals surface area (Å²) in [7, 11) is 0. The maximum atomic E-state index is 11.9. The van der Waals surface area contributed by atoms with E-state index in [-0.39, 0.29) is 17.8 Å². The zero-order valence-corrected chi connectivity index (χ0v) is 11.5. The number of rotatable bonds is 5. The minimum atomic E-state index is -0.326. The van der Waals surface area contributed by atoms with Crippen LogP contribution in [-0.2, 0) is 14.3 Å². The Morgan fingerprint density at radius 1 is 1.32 bits per heavy atom. The summed E-state index contributed by atoms with van der Waals surface area (Å²) in [6.07, 6.45) is 8.29. The van der Waals surface area contributed by atoms with Gasteiger partial charge in [-0.05, 0) is 37.7 Å². The number of carbonyl (C=O) groups is 1. The Morgan fingerprint density at radius 2 is 2.05 bits per heavy atom. The van der Waals surface area contributed by atoms with Crippen molar-refractivity contribution in [2.24, 2.45) is 5.92 Å². The summed E-state index contributed by atoms with van der Waals surface area (Å²) in [5.41, 5.74) is 0. The summed E-state index contributed by atoms with van der Waals surface area (Å²) in [4.78, 5) is 13.8. The third-order valence-corrected chi connectivity index (χ3v) is 4.36. The van der Waals surface area contributed by atoms with E-state index in [0.717, 1.165) is 19.4 Å². The number of carbonyl (C=O) groups excluding carboxylic acids is 1. The molecule has 1 atom stereocenters. The Labute approximate surface area is 114 Å². The SMILES string of the molecule is C=CC(=O)N(CC1CC1)CC1COC2(CCCC2)O1. The molecule has 4 nitrogen and oxygen atoms in total. The highest BCUT2D eigenvalue weighted by molar-refractivity contribution is 5.87. The van der Waals surface area contributed by atoms with Crippen LogP contribution in [0.5, 0.6) is 0 Å². The van der Waals surface area contributed by atoms with Crippen molar-refractivity contribution in [2.45, 2.75) is 50.4 Å². The maximum Gasteiger partial charge on any atom is 0.246 e. The quantitative estimate of drug-likeness (QED) is 0.715. The van der Waals surface area contributed by atoms with Crippen molar-refractivity contribution in [3.05, 3.63) is 12.7 Å². The molecule has 1 aliphatic heterocycles. The van der Waals surface area contributed by atoms with Gasteiger partial charge < -0.3 is 14.4 Å². The third-order valence-electron chi connectivity index (χ3n) is 4.36. The molecule has 0 radical (unpaired) electrons. The van der Waals surface area contributed by atoms with Crippen molar-refractivity contribution in [1.29, 1.82) is 0 Å². The molecule has 19 heavy (non-hydrogen) atoms. The predicted octanol–water partition coefficient (Wildman–Crippen LogP) is 2.10. The zero-order valence-electron chi connectivity index (χ0n) is 11.5. The summed E-state index contributed by atoms with van der Waals surface area (Å²) >= 11 is 0. The first kappa shape index (κ1) is 13.1. The van der Waals surface area contributed by atoms with E-state index in [1.807, 2.05) is 4.90 Å². The van der Waals surface area contributed by atoms with Crippen LogP contribution in [0.3, 0.4) is 0 Å². The molecule has 0 aromatic carbocycles. The van der Waals surface area contributed by atoms with Gasteiger partial charge >= 0.3 is 0 Å². The number of nitrogens with zero attached hydrogens (tertiary/aromatic N) is 1. The fourth-order valence-electron chi connectivity index (χ4n) is 3.12. The first-order chi connectivity index (χ1) is 9.21. The molecule has 0 aromatic rings. The van der Waals surface area contributed by atoms with Crippen LogP contribution in [-0.4, -0.2) is 42.4 Å². The van der Waals surface area contributed by atoms with Crippen molar-refractivity contribution in [2.75, 3.05) is 19.7 Å². The Hall–Kier alpha value is -0.870. The van der Waals surface area contributed by atoms with Gasteiger partial charge in [-0.1, -0.05) is 6.58 Å². The lowest BCUT2D eigenvalue weighted by Crippen LogP contribution is -2.39. The van der Waals surface area contributed by atoms with E-state index in [4.69, 9.17) is 9.47 Å². The highest BCUT2D eigenvalue weighted by Crippen LogP contribution is 2.39.